The van der Waals surface area contributed by atoms with Crippen LogP contribution >= 0.6 is 11.6 Å². The van der Waals surface area contributed by atoms with Gasteiger partial charge in [0.05, 0.1) is 0 Å². The van der Waals surface area contributed by atoms with Gasteiger partial charge >= 0.3 is 0 Å². The van der Waals surface area contributed by atoms with E-state index in [0.29, 0.717) is 5.92 Å². The minimum Gasteiger partial charge on any atom is -0.253 e. The second-order valence-electron chi connectivity index (χ2n) is 4.84. The van der Waals surface area contributed by atoms with Crippen LogP contribution in [0.3, 0.4) is 0 Å². The molecular weight excluding hydrogens is 258 g/mol. The molecule has 2 aromatic rings. The van der Waals surface area contributed by atoms with Gasteiger partial charge < -0.3 is 0 Å². The van der Waals surface area contributed by atoms with Crippen molar-refractivity contribution in [2.24, 2.45) is 0 Å². The Morgan fingerprint density at radius 1 is 1.21 bits per heavy atom. The zero-order valence-electron chi connectivity index (χ0n) is 11.3. The summed E-state index contributed by atoms with van der Waals surface area (Å²) in [6, 6.07) is 8.24. The molecule has 0 saturated carbocycles. The number of unbranched alkanes of at least 4 members (excludes halogenated alkanes) is 1. The highest BCUT2D eigenvalue weighted by Crippen LogP contribution is 2.27. The van der Waals surface area contributed by atoms with Crippen molar-refractivity contribution in [2.45, 2.75) is 45.1 Å². The van der Waals surface area contributed by atoms with Crippen LogP contribution in [0.4, 0.5) is 0 Å². The topological polar surface area (TPSA) is 30.7 Å². The minimum atomic E-state index is 0.571. The molecule has 0 amide bonds. The Hall–Kier alpha value is -1.35. The highest BCUT2D eigenvalue weighted by Gasteiger charge is 2.11. The van der Waals surface area contributed by atoms with E-state index in [2.05, 4.69) is 29.1 Å². The minimum absolute atomic E-state index is 0.571. The van der Waals surface area contributed by atoms with Crippen LogP contribution in [0.25, 0.3) is 0 Å². The molecule has 0 saturated heterocycles. The van der Waals surface area contributed by atoms with Gasteiger partial charge in [-0.15, -0.1) is 0 Å². The second kappa shape index (κ2) is 7.29. The Balaban J connectivity index is 2.00. The first-order valence-corrected chi connectivity index (χ1v) is 7.25. The van der Waals surface area contributed by atoms with Crippen LogP contribution in [-0.2, 0) is 6.54 Å². The molecule has 1 heterocycles. The normalized spacial score (nSPS) is 12.5. The van der Waals surface area contributed by atoms with Crippen LogP contribution in [0, 0.1) is 0 Å². The molecule has 19 heavy (non-hydrogen) atoms. The SMILES string of the molecule is CCCC[C@H](CCn1cncn1)c1ccc(Cl)cc1. The molecule has 1 aromatic heterocycles. The van der Waals surface area contributed by atoms with Crippen molar-refractivity contribution < 1.29 is 0 Å². The average molecular weight is 278 g/mol. The van der Waals surface area contributed by atoms with Crippen LogP contribution in [-0.4, -0.2) is 14.8 Å². The van der Waals surface area contributed by atoms with Crippen molar-refractivity contribution in [3.63, 3.8) is 0 Å². The standard InChI is InChI=1S/C15H20ClN3/c1-2-3-4-13(9-10-19-12-17-11-18-19)14-5-7-15(16)8-6-14/h5-8,11-13H,2-4,9-10H2,1H3/t13-/m1/s1. The van der Waals surface area contributed by atoms with Crippen LogP contribution in [0.5, 0.6) is 0 Å². The van der Waals surface area contributed by atoms with E-state index in [1.165, 1.54) is 24.8 Å². The van der Waals surface area contributed by atoms with E-state index in [1.54, 1.807) is 12.7 Å². The van der Waals surface area contributed by atoms with Crippen LogP contribution in [0.2, 0.25) is 5.02 Å². The van der Waals surface area contributed by atoms with Crippen molar-refractivity contribution >= 4 is 11.6 Å². The number of rotatable bonds is 7. The summed E-state index contributed by atoms with van der Waals surface area (Å²) in [6.07, 6.45) is 8.15. The van der Waals surface area contributed by atoms with E-state index >= 15 is 0 Å². The second-order valence-corrected chi connectivity index (χ2v) is 5.27. The zero-order chi connectivity index (χ0) is 13.5. The van der Waals surface area contributed by atoms with E-state index in [4.69, 9.17) is 11.6 Å². The lowest BCUT2D eigenvalue weighted by molar-refractivity contribution is 0.479. The molecule has 0 aliphatic carbocycles. The Morgan fingerprint density at radius 2 is 2.00 bits per heavy atom. The molecule has 0 spiro atoms. The van der Waals surface area contributed by atoms with Crippen LogP contribution < -0.4 is 0 Å². The van der Waals surface area contributed by atoms with Crippen molar-refractivity contribution in [3.05, 3.63) is 47.5 Å². The number of nitrogens with zero attached hydrogens (tertiary/aromatic N) is 3. The third-order valence-corrected chi connectivity index (χ3v) is 3.67. The molecule has 0 fully saturated rings. The molecule has 0 N–H and O–H groups in total. The maximum atomic E-state index is 5.96. The van der Waals surface area contributed by atoms with Gasteiger partial charge in [-0.25, -0.2) is 4.98 Å². The number of aryl methyl sites for hydroxylation is 1. The number of hydrogen-bond acceptors (Lipinski definition) is 2. The Labute approximate surface area is 119 Å². The summed E-state index contributed by atoms with van der Waals surface area (Å²) in [4.78, 5) is 3.98. The Kier molecular flexibility index (Phi) is 5.40. The summed E-state index contributed by atoms with van der Waals surface area (Å²) < 4.78 is 1.90. The number of aromatic nitrogens is 3. The van der Waals surface area contributed by atoms with E-state index < -0.39 is 0 Å². The monoisotopic (exact) mass is 277 g/mol. The molecule has 4 heteroatoms. The van der Waals surface area contributed by atoms with Crippen molar-refractivity contribution in [3.8, 4) is 0 Å². The van der Waals surface area contributed by atoms with Gasteiger partial charge in [0.1, 0.15) is 12.7 Å². The molecular formula is C15H20ClN3. The fourth-order valence-corrected chi connectivity index (χ4v) is 2.43. The molecule has 1 atom stereocenters. The molecule has 1 aromatic carbocycles. The van der Waals surface area contributed by atoms with Crippen LogP contribution in [0.1, 0.15) is 44.1 Å². The maximum Gasteiger partial charge on any atom is 0.137 e. The lowest BCUT2D eigenvalue weighted by Gasteiger charge is -2.17. The first-order valence-electron chi connectivity index (χ1n) is 6.87. The number of halogens is 1. The van der Waals surface area contributed by atoms with Gasteiger partial charge in [0.15, 0.2) is 0 Å². The van der Waals surface area contributed by atoms with E-state index in [-0.39, 0.29) is 0 Å². The van der Waals surface area contributed by atoms with Gasteiger partial charge in [-0.1, -0.05) is 43.5 Å². The summed E-state index contributed by atoms with van der Waals surface area (Å²) in [6.45, 7) is 3.15. The lowest BCUT2D eigenvalue weighted by atomic mass is 9.91. The summed E-state index contributed by atoms with van der Waals surface area (Å²) >= 11 is 5.96. The van der Waals surface area contributed by atoms with E-state index in [1.807, 2.05) is 16.8 Å². The van der Waals surface area contributed by atoms with Gasteiger partial charge in [0, 0.05) is 11.6 Å². The van der Waals surface area contributed by atoms with Crippen molar-refractivity contribution in [1.29, 1.82) is 0 Å². The summed E-state index contributed by atoms with van der Waals surface area (Å²) in [7, 11) is 0. The molecule has 0 bridgehead atoms. The van der Waals surface area contributed by atoms with Gasteiger partial charge in [0.25, 0.3) is 0 Å². The van der Waals surface area contributed by atoms with E-state index in [0.717, 1.165) is 18.0 Å². The summed E-state index contributed by atoms with van der Waals surface area (Å²) in [5.74, 6) is 0.571. The van der Waals surface area contributed by atoms with E-state index in [9.17, 15) is 0 Å². The zero-order valence-corrected chi connectivity index (χ0v) is 12.1. The third-order valence-electron chi connectivity index (χ3n) is 3.42. The first-order chi connectivity index (χ1) is 9.29. The van der Waals surface area contributed by atoms with Gasteiger partial charge in [-0.3, -0.25) is 4.68 Å². The number of benzene rings is 1. The average Bonchev–Trinajstić information content (AvgIpc) is 2.93. The Bertz CT molecular complexity index is 465. The molecule has 3 nitrogen and oxygen atoms in total. The lowest BCUT2D eigenvalue weighted by Crippen LogP contribution is -2.06. The highest BCUT2D eigenvalue weighted by molar-refractivity contribution is 6.30. The molecule has 2 rings (SSSR count). The quantitative estimate of drug-likeness (QED) is 0.756. The highest BCUT2D eigenvalue weighted by atomic mass is 35.5. The molecule has 0 unspecified atom stereocenters. The first kappa shape index (κ1) is 14.1. The van der Waals surface area contributed by atoms with Gasteiger partial charge in [-0.05, 0) is 36.5 Å². The largest absolute Gasteiger partial charge is 0.253 e. The van der Waals surface area contributed by atoms with Crippen molar-refractivity contribution in [2.75, 3.05) is 0 Å². The molecule has 0 radical (unpaired) electrons. The molecule has 102 valence electrons. The predicted molar refractivity (Wildman–Crippen MR) is 78.4 cm³/mol. The van der Waals surface area contributed by atoms with Crippen molar-refractivity contribution in [1.82, 2.24) is 14.8 Å². The van der Waals surface area contributed by atoms with Gasteiger partial charge in [-0.2, -0.15) is 5.10 Å². The molecule has 0 aliphatic heterocycles. The predicted octanol–water partition coefficient (Wildman–Crippen LogP) is 4.30. The smallest absolute Gasteiger partial charge is 0.137 e. The summed E-state index contributed by atoms with van der Waals surface area (Å²) in [5.41, 5.74) is 1.37. The fourth-order valence-electron chi connectivity index (χ4n) is 2.30. The van der Waals surface area contributed by atoms with Crippen LogP contribution in [0.15, 0.2) is 36.9 Å². The fraction of sp³-hybridized carbons (Fsp3) is 0.467. The number of hydrogen-bond donors (Lipinski definition) is 0. The summed E-state index contributed by atoms with van der Waals surface area (Å²) in [5, 5.41) is 4.96. The molecule has 0 aliphatic rings. The third kappa shape index (κ3) is 4.35. The van der Waals surface area contributed by atoms with Gasteiger partial charge in [0.2, 0.25) is 0 Å². The Morgan fingerprint density at radius 3 is 2.63 bits per heavy atom. The maximum absolute atomic E-state index is 5.96.